The molecule has 4 atom stereocenters. The molecule has 1 aliphatic carbocycles. The maximum Gasteiger partial charge on any atom is 0.495 e. The van der Waals surface area contributed by atoms with Gasteiger partial charge in [-0.05, 0) is 107 Å². The van der Waals surface area contributed by atoms with Crippen LogP contribution in [-0.4, -0.2) is 42.1 Å². The first kappa shape index (κ1) is 37.0. The molecule has 4 aliphatic rings. The van der Waals surface area contributed by atoms with Crippen molar-refractivity contribution in [2.24, 2.45) is 11.8 Å². The van der Waals surface area contributed by atoms with Crippen LogP contribution in [0.15, 0.2) is 78.1 Å². The first-order chi connectivity index (χ1) is 24.6. The first-order valence-electron chi connectivity index (χ1n) is 17.3. The molecule has 11 heteroatoms. The summed E-state index contributed by atoms with van der Waals surface area (Å²) in [6, 6.07) is 14.9. The van der Waals surface area contributed by atoms with E-state index in [0.29, 0.717) is 50.7 Å². The molecule has 268 valence electrons. The molecule has 1 N–H and O–H groups in total. The number of aliphatic carboxylic acids is 1. The Kier molecular flexibility index (Phi) is 9.73. The van der Waals surface area contributed by atoms with Crippen LogP contribution < -0.4 is 10.2 Å². The number of hydrogen-bond donors (Lipinski definition) is 1. The summed E-state index contributed by atoms with van der Waals surface area (Å²) in [6.45, 7) is 16.3. The van der Waals surface area contributed by atoms with Crippen LogP contribution in [0, 0.1) is 34.5 Å². The lowest BCUT2D eigenvalue weighted by Crippen LogP contribution is -2.68. The lowest BCUT2D eigenvalue weighted by atomic mass is 9.65. The van der Waals surface area contributed by atoms with Crippen molar-refractivity contribution in [3.05, 3.63) is 100 Å². The normalized spacial score (nSPS) is 27.7. The summed E-state index contributed by atoms with van der Waals surface area (Å²) < 4.78 is 25.6. The second kappa shape index (κ2) is 13.7. The van der Waals surface area contributed by atoms with Gasteiger partial charge in [-0.1, -0.05) is 49.4 Å². The minimum absolute atomic E-state index is 0.00475. The van der Waals surface area contributed by atoms with Crippen LogP contribution in [0.2, 0.25) is 0 Å². The number of methoxy groups -OCH3 is 1. The van der Waals surface area contributed by atoms with E-state index < -0.39 is 35.7 Å². The van der Waals surface area contributed by atoms with Crippen LogP contribution in [0.4, 0.5) is 0 Å². The Balaban J connectivity index is 1.56. The van der Waals surface area contributed by atoms with Gasteiger partial charge in [-0.3, -0.25) is 0 Å². The fourth-order valence-corrected chi connectivity index (χ4v) is 7.56. The highest BCUT2D eigenvalue weighted by Crippen LogP contribution is 2.58. The second-order valence-electron chi connectivity index (χ2n) is 15.1. The Hall–Kier alpha value is -4.75. The average molecular weight is 703 g/mol. The summed E-state index contributed by atoms with van der Waals surface area (Å²) >= 11 is 0. The Morgan fingerprint density at radius 2 is 1.69 bits per heavy atom. The number of para-hydroxylation sites is 1. The quantitative estimate of drug-likeness (QED) is 0.0974. The Bertz CT molecular complexity index is 2000. The van der Waals surface area contributed by atoms with E-state index in [0.717, 1.165) is 30.9 Å². The van der Waals surface area contributed by atoms with Gasteiger partial charge >= 0.3 is 13.1 Å². The zero-order valence-electron chi connectivity index (χ0n) is 30.6. The van der Waals surface area contributed by atoms with Crippen LogP contribution >= 0.6 is 0 Å². The number of benzene rings is 2. The molecule has 0 aromatic heterocycles. The molecule has 2 saturated heterocycles. The van der Waals surface area contributed by atoms with E-state index in [1.807, 2.05) is 77.1 Å². The van der Waals surface area contributed by atoms with Crippen molar-refractivity contribution >= 4 is 36.3 Å². The lowest BCUT2D eigenvalue weighted by molar-refractivity contribution is -0.624. The maximum absolute atomic E-state index is 11.8. The molecule has 1 saturated carbocycles. The van der Waals surface area contributed by atoms with E-state index in [1.165, 1.54) is 6.08 Å². The molecule has 0 amide bonds. The molecule has 4 unspecified atom stereocenters. The third-order valence-corrected chi connectivity index (χ3v) is 11.0. The van der Waals surface area contributed by atoms with Gasteiger partial charge in [0.2, 0.25) is 0 Å². The van der Waals surface area contributed by atoms with E-state index in [-0.39, 0.29) is 11.5 Å². The first-order valence-corrected chi connectivity index (χ1v) is 17.3. The van der Waals surface area contributed by atoms with Gasteiger partial charge in [-0.15, -0.1) is 0 Å². The molecule has 3 heterocycles. The molecule has 0 bridgehead atoms. The molecular formula is C41H43BN2O8. The van der Waals surface area contributed by atoms with E-state index in [9.17, 15) is 20.4 Å². The van der Waals surface area contributed by atoms with Crippen molar-refractivity contribution in [1.29, 1.82) is 10.5 Å². The molecule has 3 fully saturated rings. The number of carboxylic acid groups (broad SMARTS) is 1. The minimum atomic E-state index is -1.41. The van der Waals surface area contributed by atoms with Gasteiger partial charge in [0.25, 0.3) is 5.79 Å². The molecule has 6 rings (SSSR count). The zero-order chi connectivity index (χ0) is 37.6. The number of hydrogen-bond acceptors (Lipinski definition) is 9. The van der Waals surface area contributed by atoms with Crippen LogP contribution in [0.25, 0.3) is 17.7 Å². The predicted molar refractivity (Wildman–Crippen MR) is 196 cm³/mol. The van der Waals surface area contributed by atoms with E-state index in [2.05, 4.69) is 13.5 Å². The number of carbonyl (C=O) groups is 1. The number of fused-ring (bicyclic) bond motifs is 1. The molecule has 52 heavy (non-hydrogen) atoms. The number of ether oxygens (including phenoxy) is 2. The van der Waals surface area contributed by atoms with E-state index in [4.69, 9.17) is 28.6 Å². The number of carboxylic acids is 1. The monoisotopic (exact) mass is 702 g/mol. The van der Waals surface area contributed by atoms with Crippen LogP contribution in [0.5, 0.6) is 5.75 Å². The van der Waals surface area contributed by atoms with Gasteiger partial charge in [0.05, 0.1) is 11.2 Å². The van der Waals surface area contributed by atoms with Gasteiger partial charge in [-0.2, -0.15) is 15.4 Å². The van der Waals surface area contributed by atoms with Crippen LogP contribution in [0.1, 0.15) is 83.1 Å². The number of nitriles is 2. The van der Waals surface area contributed by atoms with Gasteiger partial charge in [0.1, 0.15) is 29.2 Å². The third-order valence-electron chi connectivity index (χ3n) is 11.0. The largest absolute Gasteiger partial charge is 0.495 e. The molecule has 10 nitrogen and oxygen atoms in total. The van der Waals surface area contributed by atoms with Crippen molar-refractivity contribution in [2.75, 3.05) is 7.11 Å². The predicted octanol–water partition coefficient (Wildman–Crippen LogP) is 7.39. The van der Waals surface area contributed by atoms with Crippen molar-refractivity contribution < 1.29 is 38.5 Å². The smallest absolute Gasteiger partial charge is 0.478 e. The van der Waals surface area contributed by atoms with Gasteiger partial charge in [0.15, 0.2) is 5.60 Å². The summed E-state index contributed by atoms with van der Waals surface area (Å²) in [5.41, 5.74) is 2.19. The summed E-state index contributed by atoms with van der Waals surface area (Å²) in [5.74, 6) is -1.27. The number of nitrogens with zero attached hydrogens (tertiary/aromatic N) is 2. The Labute approximate surface area is 305 Å². The molecule has 3 aliphatic heterocycles. The summed E-state index contributed by atoms with van der Waals surface area (Å²) in [5, 5.41) is 29.1. The standard InChI is InChI=1S/C41H43BN2O8/c1-25-17-26(2)19-30(18-25)40(7)41(47-8,52-51-40)34-22-35(42-49-38(3,4)39(5,6)50-42)28(14-16-37(45)46)20-27(34)13-15-31-21-33(29(23-43)24-44)32-11-9-10-12-36(32)48-31/h9-16,20-22,26,30H,1,17-19H2,2-8H3,(H,45,46)/b15-13+,16-14+. The maximum atomic E-state index is 11.8. The van der Waals surface area contributed by atoms with E-state index in [1.54, 1.807) is 31.4 Å². The summed E-state index contributed by atoms with van der Waals surface area (Å²) in [4.78, 5) is 23.9. The molecule has 2 aromatic rings. The molecule has 0 radical (unpaired) electrons. The summed E-state index contributed by atoms with van der Waals surface area (Å²) in [6.07, 6.45) is 10.3. The number of allylic oxidation sites excluding steroid dienone is 5. The van der Waals surface area contributed by atoms with Crippen molar-refractivity contribution in [1.82, 2.24) is 0 Å². The SMILES string of the molecule is C=C1CC(C)CC(C2(C)OOC2(OC)c2cc(B3OC(C)(C)C(C)(C)O3)c(/C=C/C(=O)O)cc2/C=C/C2=CC(=C(C#N)C#N)c3ccccc3O2)C1. The summed E-state index contributed by atoms with van der Waals surface area (Å²) in [7, 11) is 0.726. The van der Waals surface area contributed by atoms with Crippen molar-refractivity contribution in [3.8, 4) is 17.9 Å². The van der Waals surface area contributed by atoms with Gasteiger partial charge < -0.3 is 23.9 Å². The highest BCUT2D eigenvalue weighted by molar-refractivity contribution is 6.63. The van der Waals surface area contributed by atoms with Crippen molar-refractivity contribution in [2.45, 2.75) is 83.4 Å². The van der Waals surface area contributed by atoms with E-state index >= 15 is 0 Å². The van der Waals surface area contributed by atoms with Crippen LogP contribution in [-0.2, 0) is 34.4 Å². The number of rotatable bonds is 8. The minimum Gasteiger partial charge on any atom is -0.478 e. The second-order valence-corrected chi connectivity index (χ2v) is 15.1. The third kappa shape index (κ3) is 6.34. The van der Waals surface area contributed by atoms with Crippen LogP contribution in [0.3, 0.4) is 0 Å². The Morgan fingerprint density at radius 3 is 2.29 bits per heavy atom. The van der Waals surface area contributed by atoms with Gasteiger partial charge in [-0.25, -0.2) is 9.68 Å². The lowest BCUT2D eigenvalue weighted by Gasteiger charge is -2.58. The fraction of sp³-hybridized carbons (Fsp3) is 0.390. The molecule has 0 spiro atoms. The molecule has 2 aromatic carbocycles. The van der Waals surface area contributed by atoms with Crippen molar-refractivity contribution in [3.63, 3.8) is 0 Å². The average Bonchev–Trinajstić information content (AvgIpc) is 3.31. The highest BCUT2D eigenvalue weighted by atomic mass is 17.3. The zero-order valence-corrected chi connectivity index (χ0v) is 30.6. The topological polar surface area (TPSA) is 140 Å². The molecular weight excluding hydrogens is 659 g/mol. The Morgan fingerprint density at radius 1 is 1.00 bits per heavy atom. The van der Waals surface area contributed by atoms with Gasteiger partial charge in [0, 0.05) is 35.8 Å². The highest BCUT2D eigenvalue weighted by Gasteiger charge is 2.68. The fourth-order valence-electron chi connectivity index (χ4n) is 7.56.